The molecule has 0 amide bonds. The van der Waals surface area contributed by atoms with Crippen LogP contribution in [0.15, 0.2) is 43.0 Å². The van der Waals surface area contributed by atoms with Crippen LogP contribution in [0.3, 0.4) is 0 Å². The first-order chi connectivity index (χ1) is 11.6. The summed E-state index contributed by atoms with van der Waals surface area (Å²) in [6.45, 7) is 3.56. The predicted molar refractivity (Wildman–Crippen MR) is 92.6 cm³/mol. The van der Waals surface area contributed by atoms with Crippen molar-refractivity contribution in [3.05, 3.63) is 48.6 Å². The Labute approximate surface area is 141 Å². The second kappa shape index (κ2) is 7.55. The van der Waals surface area contributed by atoms with E-state index in [-0.39, 0.29) is 5.78 Å². The molecule has 0 aliphatic carbocycles. The summed E-state index contributed by atoms with van der Waals surface area (Å²) in [5.74, 6) is 1.92. The molecule has 24 heavy (non-hydrogen) atoms. The van der Waals surface area contributed by atoms with Crippen LogP contribution in [0.4, 0.5) is 0 Å². The third-order valence-electron chi connectivity index (χ3n) is 3.65. The van der Waals surface area contributed by atoms with Gasteiger partial charge in [-0.1, -0.05) is 6.58 Å². The number of rotatable bonds is 7. The first kappa shape index (κ1) is 17.4. The molecule has 0 heterocycles. The Morgan fingerprint density at radius 2 is 1.54 bits per heavy atom. The van der Waals surface area contributed by atoms with Crippen molar-refractivity contribution < 1.29 is 23.7 Å². The molecule has 0 saturated heterocycles. The summed E-state index contributed by atoms with van der Waals surface area (Å²) in [6, 6.07) is 8.88. The summed E-state index contributed by atoms with van der Waals surface area (Å²) < 4.78 is 21.3. The molecule has 0 atom stereocenters. The van der Waals surface area contributed by atoms with Crippen molar-refractivity contribution in [3.8, 4) is 34.1 Å². The Morgan fingerprint density at radius 1 is 0.917 bits per heavy atom. The number of methoxy groups -OCH3 is 4. The van der Waals surface area contributed by atoms with Gasteiger partial charge in [-0.3, -0.25) is 4.79 Å². The molecular weight excluding hydrogens is 308 g/mol. The molecule has 0 aromatic heterocycles. The largest absolute Gasteiger partial charge is 0.497 e. The number of ketones is 1. The van der Waals surface area contributed by atoms with Crippen LogP contribution in [0, 0.1) is 0 Å². The van der Waals surface area contributed by atoms with Crippen LogP contribution in [-0.2, 0) is 0 Å². The molecule has 0 aliphatic rings. The van der Waals surface area contributed by atoms with Gasteiger partial charge in [-0.15, -0.1) is 0 Å². The van der Waals surface area contributed by atoms with Crippen LogP contribution in [0.25, 0.3) is 11.1 Å². The van der Waals surface area contributed by atoms with Crippen molar-refractivity contribution in [2.24, 2.45) is 0 Å². The molecular formula is C19H20O5. The van der Waals surface area contributed by atoms with Gasteiger partial charge in [0.1, 0.15) is 5.75 Å². The van der Waals surface area contributed by atoms with Gasteiger partial charge in [-0.25, -0.2) is 0 Å². The van der Waals surface area contributed by atoms with Crippen molar-refractivity contribution in [3.63, 3.8) is 0 Å². The van der Waals surface area contributed by atoms with Crippen molar-refractivity contribution in [2.45, 2.75) is 0 Å². The van der Waals surface area contributed by atoms with Gasteiger partial charge < -0.3 is 18.9 Å². The maximum Gasteiger partial charge on any atom is 0.203 e. The monoisotopic (exact) mass is 328 g/mol. The van der Waals surface area contributed by atoms with E-state index >= 15 is 0 Å². The second-order valence-corrected chi connectivity index (χ2v) is 4.89. The van der Waals surface area contributed by atoms with E-state index in [1.54, 1.807) is 52.7 Å². The van der Waals surface area contributed by atoms with Gasteiger partial charge in [0.05, 0.1) is 28.4 Å². The molecule has 0 bridgehead atoms. The molecule has 0 saturated carbocycles. The standard InChI is InChI=1S/C19H20O5/c1-6-16(20)15-11-13(21-2)7-8-14(15)12-9-17(22-3)19(24-5)18(10-12)23-4/h6-11H,1H2,2-5H3. The highest BCUT2D eigenvalue weighted by atomic mass is 16.5. The van der Waals surface area contributed by atoms with E-state index in [4.69, 9.17) is 18.9 Å². The van der Waals surface area contributed by atoms with E-state index in [2.05, 4.69) is 6.58 Å². The Balaban J connectivity index is 2.71. The first-order valence-electron chi connectivity index (χ1n) is 7.24. The van der Waals surface area contributed by atoms with Crippen LogP contribution in [0.2, 0.25) is 0 Å². The summed E-state index contributed by atoms with van der Waals surface area (Å²) in [5.41, 5.74) is 1.97. The summed E-state index contributed by atoms with van der Waals surface area (Å²) in [5, 5.41) is 0. The quantitative estimate of drug-likeness (QED) is 0.572. The Kier molecular flexibility index (Phi) is 5.47. The van der Waals surface area contributed by atoms with Gasteiger partial charge in [0.15, 0.2) is 17.3 Å². The highest BCUT2D eigenvalue weighted by Gasteiger charge is 2.18. The zero-order valence-electron chi connectivity index (χ0n) is 14.2. The number of carbonyl (C=O) groups is 1. The highest BCUT2D eigenvalue weighted by Crippen LogP contribution is 2.42. The lowest BCUT2D eigenvalue weighted by Crippen LogP contribution is -2.00. The van der Waals surface area contributed by atoms with E-state index in [0.29, 0.717) is 28.6 Å². The van der Waals surface area contributed by atoms with Crippen LogP contribution < -0.4 is 18.9 Å². The predicted octanol–water partition coefficient (Wildman–Crippen LogP) is 3.76. The maximum atomic E-state index is 12.2. The van der Waals surface area contributed by atoms with E-state index < -0.39 is 0 Å². The van der Waals surface area contributed by atoms with Gasteiger partial charge in [0.2, 0.25) is 5.75 Å². The lowest BCUT2D eigenvalue weighted by Gasteiger charge is -2.16. The number of carbonyl (C=O) groups excluding carboxylic acids is 1. The van der Waals surface area contributed by atoms with Crippen LogP contribution >= 0.6 is 0 Å². The van der Waals surface area contributed by atoms with Crippen molar-refractivity contribution >= 4 is 5.78 Å². The average Bonchev–Trinajstić information content (AvgIpc) is 2.65. The van der Waals surface area contributed by atoms with E-state index in [1.807, 2.05) is 6.07 Å². The molecule has 0 aliphatic heterocycles. The minimum atomic E-state index is -0.197. The van der Waals surface area contributed by atoms with Crippen molar-refractivity contribution in [1.82, 2.24) is 0 Å². The van der Waals surface area contributed by atoms with E-state index in [0.717, 1.165) is 11.1 Å². The summed E-state index contributed by atoms with van der Waals surface area (Å²) in [6.07, 6.45) is 1.27. The minimum absolute atomic E-state index is 0.197. The number of hydrogen-bond donors (Lipinski definition) is 0. The van der Waals surface area contributed by atoms with Gasteiger partial charge in [0, 0.05) is 5.56 Å². The fourth-order valence-corrected chi connectivity index (χ4v) is 2.45. The molecule has 2 rings (SSSR count). The van der Waals surface area contributed by atoms with Crippen molar-refractivity contribution in [1.29, 1.82) is 0 Å². The minimum Gasteiger partial charge on any atom is -0.497 e. The molecule has 0 N–H and O–H groups in total. The summed E-state index contributed by atoms with van der Waals surface area (Å²) in [4.78, 5) is 12.2. The van der Waals surface area contributed by atoms with Gasteiger partial charge in [-0.2, -0.15) is 0 Å². The lowest BCUT2D eigenvalue weighted by molar-refractivity contribution is 0.104. The Morgan fingerprint density at radius 3 is 2.00 bits per heavy atom. The molecule has 2 aromatic carbocycles. The van der Waals surface area contributed by atoms with Crippen LogP contribution in [-0.4, -0.2) is 34.2 Å². The molecule has 126 valence electrons. The number of ether oxygens (including phenoxy) is 4. The number of benzene rings is 2. The van der Waals surface area contributed by atoms with E-state index in [1.165, 1.54) is 6.08 Å². The normalized spacial score (nSPS) is 10.0. The summed E-state index contributed by atoms with van der Waals surface area (Å²) in [7, 11) is 6.19. The van der Waals surface area contributed by atoms with Gasteiger partial charge in [0.25, 0.3) is 0 Å². The van der Waals surface area contributed by atoms with Gasteiger partial charge >= 0.3 is 0 Å². The molecule has 0 fully saturated rings. The van der Waals surface area contributed by atoms with Crippen LogP contribution in [0.1, 0.15) is 10.4 Å². The number of allylic oxidation sites excluding steroid dienone is 1. The third kappa shape index (κ3) is 3.20. The zero-order valence-corrected chi connectivity index (χ0v) is 14.2. The summed E-state index contributed by atoms with van der Waals surface area (Å²) >= 11 is 0. The van der Waals surface area contributed by atoms with Gasteiger partial charge in [-0.05, 0) is 47.5 Å². The van der Waals surface area contributed by atoms with Crippen LogP contribution in [0.5, 0.6) is 23.0 Å². The Bertz CT molecular complexity index is 739. The van der Waals surface area contributed by atoms with E-state index in [9.17, 15) is 4.79 Å². The molecule has 0 unspecified atom stereocenters. The fourth-order valence-electron chi connectivity index (χ4n) is 2.45. The zero-order chi connectivity index (χ0) is 17.7. The fraction of sp³-hybridized carbons (Fsp3) is 0.211. The average molecular weight is 328 g/mol. The topological polar surface area (TPSA) is 54.0 Å². The highest BCUT2D eigenvalue weighted by molar-refractivity contribution is 6.09. The SMILES string of the molecule is C=CC(=O)c1cc(OC)ccc1-c1cc(OC)c(OC)c(OC)c1. The molecule has 0 spiro atoms. The third-order valence-corrected chi connectivity index (χ3v) is 3.65. The molecule has 0 radical (unpaired) electrons. The maximum absolute atomic E-state index is 12.2. The smallest absolute Gasteiger partial charge is 0.203 e. The first-order valence-corrected chi connectivity index (χ1v) is 7.24. The Hall–Kier alpha value is -2.95. The molecule has 5 nitrogen and oxygen atoms in total. The number of hydrogen-bond acceptors (Lipinski definition) is 5. The molecule has 2 aromatic rings. The lowest BCUT2D eigenvalue weighted by atomic mass is 9.96. The second-order valence-electron chi connectivity index (χ2n) is 4.89. The molecule has 5 heteroatoms. The van der Waals surface area contributed by atoms with Crippen molar-refractivity contribution in [2.75, 3.05) is 28.4 Å².